The van der Waals surface area contributed by atoms with Gasteiger partial charge in [0, 0.05) is 19.0 Å². The van der Waals surface area contributed by atoms with Crippen molar-refractivity contribution < 1.29 is 0 Å². The molecule has 17 heavy (non-hydrogen) atoms. The fourth-order valence-corrected chi connectivity index (χ4v) is 3.42. The minimum absolute atomic E-state index is 0.714. The van der Waals surface area contributed by atoms with Crippen LogP contribution >= 0.6 is 11.6 Å². The summed E-state index contributed by atoms with van der Waals surface area (Å²) in [5.41, 5.74) is 4.66. The standard InChI is InChI=1S/C15H20ClN/c16-9-13-6-7-17(11-13)10-12-4-5-14-2-1-3-15(14)8-12/h4-5,8,13H,1-3,6-7,9-11H2. The van der Waals surface area contributed by atoms with Crippen LogP contribution in [0, 0.1) is 5.92 Å². The van der Waals surface area contributed by atoms with Crippen molar-refractivity contribution in [2.24, 2.45) is 5.92 Å². The number of halogens is 1. The van der Waals surface area contributed by atoms with E-state index in [2.05, 4.69) is 23.1 Å². The molecule has 1 unspecified atom stereocenters. The maximum atomic E-state index is 5.93. The van der Waals surface area contributed by atoms with Gasteiger partial charge in [0.15, 0.2) is 0 Å². The Labute approximate surface area is 109 Å². The highest BCUT2D eigenvalue weighted by molar-refractivity contribution is 6.18. The molecule has 2 heteroatoms. The van der Waals surface area contributed by atoms with Crippen molar-refractivity contribution in [3.8, 4) is 0 Å². The largest absolute Gasteiger partial charge is 0.299 e. The quantitative estimate of drug-likeness (QED) is 0.744. The predicted molar refractivity (Wildman–Crippen MR) is 72.6 cm³/mol. The zero-order valence-corrected chi connectivity index (χ0v) is 11.0. The van der Waals surface area contributed by atoms with Crippen LogP contribution in [0.5, 0.6) is 0 Å². The third-order valence-corrected chi connectivity index (χ3v) is 4.59. The molecule has 1 aliphatic heterocycles. The molecule has 0 amide bonds. The summed E-state index contributed by atoms with van der Waals surface area (Å²) in [6.07, 6.45) is 5.19. The molecule has 92 valence electrons. The molecule has 1 heterocycles. The molecule has 0 aromatic heterocycles. The average molecular weight is 250 g/mol. The summed E-state index contributed by atoms with van der Waals surface area (Å²) in [4.78, 5) is 2.55. The lowest BCUT2D eigenvalue weighted by Gasteiger charge is -2.16. The lowest BCUT2D eigenvalue weighted by Crippen LogP contribution is -2.20. The van der Waals surface area contributed by atoms with Gasteiger partial charge in [0.1, 0.15) is 0 Å². The Kier molecular flexibility index (Phi) is 3.39. The van der Waals surface area contributed by atoms with Crippen molar-refractivity contribution in [1.29, 1.82) is 0 Å². The van der Waals surface area contributed by atoms with Crippen LogP contribution in [0.1, 0.15) is 29.5 Å². The van der Waals surface area contributed by atoms with E-state index in [1.54, 1.807) is 11.1 Å². The van der Waals surface area contributed by atoms with Gasteiger partial charge in [-0.2, -0.15) is 0 Å². The van der Waals surface area contributed by atoms with Crippen LogP contribution in [0.2, 0.25) is 0 Å². The number of likely N-dealkylation sites (tertiary alicyclic amines) is 1. The normalized spacial score (nSPS) is 24.2. The lowest BCUT2D eigenvalue weighted by molar-refractivity contribution is 0.321. The Bertz CT molecular complexity index is 402. The van der Waals surface area contributed by atoms with Gasteiger partial charge in [0.05, 0.1) is 0 Å². The predicted octanol–water partition coefficient (Wildman–Crippen LogP) is 3.24. The number of alkyl halides is 1. The van der Waals surface area contributed by atoms with E-state index >= 15 is 0 Å². The van der Waals surface area contributed by atoms with Gasteiger partial charge in [0.2, 0.25) is 0 Å². The maximum Gasteiger partial charge on any atom is 0.0264 e. The van der Waals surface area contributed by atoms with Crippen molar-refractivity contribution in [2.75, 3.05) is 19.0 Å². The number of fused-ring (bicyclic) bond motifs is 1. The third-order valence-electron chi connectivity index (χ3n) is 4.16. The maximum absolute atomic E-state index is 5.93. The first kappa shape index (κ1) is 11.6. The molecule has 0 bridgehead atoms. The van der Waals surface area contributed by atoms with Gasteiger partial charge >= 0.3 is 0 Å². The molecule has 1 saturated heterocycles. The first-order valence-corrected chi connectivity index (χ1v) is 7.27. The first-order chi connectivity index (χ1) is 8.35. The van der Waals surface area contributed by atoms with E-state index in [0.29, 0.717) is 5.92 Å². The molecule has 0 saturated carbocycles. The minimum atomic E-state index is 0.714. The Hall–Kier alpha value is -0.530. The van der Waals surface area contributed by atoms with Crippen LogP contribution in [0.4, 0.5) is 0 Å². The van der Waals surface area contributed by atoms with Crippen molar-refractivity contribution in [3.63, 3.8) is 0 Å². The third kappa shape index (κ3) is 2.51. The van der Waals surface area contributed by atoms with Gasteiger partial charge in [-0.25, -0.2) is 0 Å². The molecule has 2 aliphatic rings. The Morgan fingerprint density at radius 1 is 1.24 bits per heavy atom. The summed E-state index contributed by atoms with van der Waals surface area (Å²) < 4.78 is 0. The van der Waals surface area contributed by atoms with Gasteiger partial charge in [-0.1, -0.05) is 18.2 Å². The van der Waals surface area contributed by atoms with Crippen LogP contribution in [0.15, 0.2) is 18.2 Å². The van der Waals surface area contributed by atoms with Crippen LogP contribution in [0.25, 0.3) is 0 Å². The van der Waals surface area contributed by atoms with Gasteiger partial charge in [0.25, 0.3) is 0 Å². The summed E-state index contributed by atoms with van der Waals surface area (Å²) in [5.74, 6) is 1.53. The molecule has 0 N–H and O–H groups in total. The number of nitrogens with zero attached hydrogens (tertiary/aromatic N) is 1. The number of aryl methyl sites for hydroxylation is 2. The van der Waals surface area contributed by atoms with E-state index < -0.39 is 0 Å². The number of benzene rings is 1. The van der Waals surface area contributed by atoms with Crippen molar-refractivity contribution in [1.82, 2.24) is 4.90 Å². The van der Waals surface area contributed by atoms with Crippen LogP contribution in [-0.4, -0.2) is 23.9 Å². The molecule has 1 nitrogen and oxygen atoms in total. The lowest BCUT2D eigenvalue weighted by atomic mass is 10.1. The summed E-state index contributed by atoms with van der Waals surface area (Å²) in [6.45, 7) is 3.51. The topological polar surface area (TPSA) is 3.24 Å². The summed E-state index contributed by atoms with van der Waals surface area (Å²) in [5, 5.41) is 0. The number of hydrogen-bond acceptors (Lipinski definition) is 1. The monoisotopic (exact) mass is 249 g/mol. The van der Waals surface area contributed by atoms with Crippen LogP contribution < -0.4 is 0 Å². The summed E-state index contributed by atoms with van der Waals surface area (Å²) in [7, 11) is 0. The molecule has 1 fully saturated rings. The van der Waals surface area contributed by atoms with E-state index in [-0.39, 0.29) is 0 Å². The molecule has 3 rings (SSSR count). The van der Waals surface area contributed by atoms with Crippen LogP contribution in [-0.2, 0) is 19.4 Å². The van der Waals surface area contributed by atoms with Crippen molar-refractivity contribution in [3.05, 3.63) is 34.9 Å². The second-order valence-corrected chi connectivity index (χ2v) is 5.81. The van der Waals surface area contributed by atoms with Gasteiger partial charge in [-0.05, 0) is 54.8 Å². The highest BCUT2D eigenvalue weighted by atomic mass is 35.5. The zero-order chi connectivity index (χ0) is 11.7. The first-order valence-electron chi connectivity index (χ1n) is 6.74. The van der Waals surface area contributed by atoms with E-state index in [0.717, 1.165) is 12.4 Å². The fraction of sp³-hybridized carbons (Fsp3) is 0.600. The SMILES string of the molecule is ClCC1CCN(Cc2ccc3c(c2)CCC3)C1. The second kappa shape index (κ2) is 4.99. The minimum Gasteiger partial charge on any atom is -0.299 e. The average Bonchev–Trinajstić information content (AvgIpc) is 2.96. The summed E-state index contributed by atoms with van der Waals surface area (Å²) in [6, 6.07) is 7.08. The molecule has 0 radical (unpaired) electrons. The van der Waals surface area contributed by atoms with E-state index in [1.807, 2.05) is 0 Å². The van der Waals surface area contributed by atoms with Crippen LogP contribution in [0.3, 0.4) is 0 Å². The van der Waals surface area contributed by atoms with E-state index in [4.69, 9.17) is 11.6 Å². The smallest absolute Gasteiger partial charge is 0.0264 e. The molecule has 1 atom stereocenters. The van der Waals surface area contributed by atoms with Gasteiger partial charge in [-0.3, -0.25) is 4.90 Å². The van der Waals surface area contributed by atoms with Gasteiger partial charge < -0.3 is 0 Å². The van der Waals surface area contributed by atoms with E-state index in [1.165, 1.54) is 44.3 Å². The number of rotatable bonds is 3. The highest BCUT2D eigenvalue weighted by Crippen LogP contribution is 2.25. The molecule has 1 aliphatic carbocycles. The Morgan fingerprint density at radius 2 is 2.12 bits per heavy atom. The molecule has 1 aromatic rings. The Morgan fingerprint density at radius 3 is 2.94 bits per heavy atom. The van der Waals surface area contributed by atoms with E-state index in [9.17, 15) is 0 Å². The van der Waals surface area contributed by atoms with Crippen molar-refractivity contribution >= 4 is 11.6 Å². The molecular weight excluding hydrogens is 230 g/mol. The molecular formula is C15H20ClN. The Balaban J connectivity index is 1.65. The molecule has 0 spiro atoms. The fourth-order valence-electron chi connectivity index (χ4n) is 3.16. The summed E-state index contributed by atoms with van der Waals surface area (Å²) >= 11 is 5.93. The number of hydrogen-bond donors (Lipinski definition) is 0. The zero-order valence-electron chi connectivity index (χ0n) is 10.3. The van der Waals surface area contributed by atoms with Gasteiger partial charge in [-0.15, -0.1) is 11.6 Å². The molecule has 1 aromatic carbocycles. The highest BCUT2D eigenvalue weighted by Gasteiger charge is 2.21. The second-order valence-electron chi connectivity index (χ2n) is 5.50. The van der Waals surface area contributed by atoms with Crippen molar-refractivity contribution in [2.45, 2.75) is 32.2 Å².